The Kier molecular flexibility index (Phi) is 5.12. The Morgan fingerprint density at radius 2 is 1.57 bits per heavy atom. The molecule has 0 bridgehead atoms. The first kappa shape index (κ1) is 14.8. The summed E-state index contributed by atoms with van der Waals surface area (Å²) in [5, 5.41) is 8.43. The molecule has 2 aromatic carbocycles. The van der Waals surface area contributed by atoms with Crippen LogP contribution in [0.15, 0.2) is 70.9 Å². The molecule has 0 aromatic heterocycles. The zero-order valence-electron chi connectivity index (χ0n) is 11.3. The molecule has 0 amide bonds. The van der Waals surface area contributed by atoms with Gasteiger partial charge in [-0.1, -0.05) is 60.1 Å². The second-order valence-corrected chi connectivity index (χ2v) is 4.70. The number of benzene rings is 2. The quantitative estimate of drug-likeness (QED) is 0.517. The Bertz CT molecular complexity index is 669. The highest BCUT2D eigenvalue weighted by atomic mass is 35.5. The normalized spacial score (nSPS) is 11.6. The first-order chi connectivity index (χ1) is 10.1. The molecule has 0 aliphatic rings. The number of hydrogen-bond donors (Lipinski definition) is 2. The van der Waals surface area contributed by atoms with Crippen molar-refractivity contribution >= 4 is 29.3 Å². The Hall–Kier alpha value is -2.59. The van der Waals surface area contributed by atoms with Gasteiger partial charge in [0.2, 0.25) is 5.96 Å². The minimum Gasteiger partial charge on any atom is -0.369 e. The summed E-state index contributed by atoms with van der Waals surface area (Å²) in [4.78, 5) is 0. The van der Waals surface area contributed by atoms with Crippen LogP contribution in [0.1, 0.15) is 11.1 Å². The zero-order chi connectivity index (χ0) is 15.1. The van der Waals surface area contributed by atoms with Gasteiger partial charge in [0.1, 0.15) is 0 Å². The topological polar surface area (TPSA) is 76.8 Å². The van der Waals surface area contributed by atoms with Crippen LogP contribution in [0.25, 0.3) is 6.08 Å². The summed E-state index contributed by atoms with van der Waals surface area (Å²) < 4.78 is 0. The van der Waals surface area contributed by atoms with Gasteiger partial charge in [-0.3, -0.25) is 0 Å². The average molecular weight is 299 g/mol. The molecule has 0 heterocycles. The van der Waals surface area contributed by atoms with E-state index >= 15 is 0 Å². The first-order valence-electron chi connectivity index (χ1n) is 6.31. The standard InChI is InChI=1S/C16H15ClN4/c17-14-9-7-13(8-10-14)15(20-21-16(18)19)11-6-12-4-2-1-3-5-12/h1-11H,(H4,18,19,21)/b11-6+,20-15-. The van der Waals surface area contributed by atoms with Crippen molar-refractivity contribution in [3.05, 3.63) is 76.8 Å². The highest BCUT2D eigenvalue weighted by Crippen LogP contribution is 2.12. The summed E-state index contributed by atoms with van der Waals surface area (Å²) >= 11 is 5.89. The second-order valence-electron chi connectivity index (χ2n) is 4.26. The number of allylic oxidation sites excluding steroid dienone is 1. The summed E-state index contributed by atoms with van der Waals surface area (Å²) in [6.45, 7) is 0. The van der Waals surface area contributed by atoms with E-state index in [4.69, 9.17) is 23.1 Å². The molecule has 106 valence electrons. The maximum atomic E-state index is 5.89. The van der Waals surface area contributed by atoms with Gasteiger partial charge in [-0.25, -0.2) is 0 Å². The minimum atomic E-state index is -0.0884. The van der Waals surface area contributed by atoms with Crippen molar-refractivity contribution in [1.82, 2.24) is 0 Å². The van der Waals surface area contributed by atoms with Crippen molar-refractivity contribution in [3.63, 3.8) is 0 Å². The van der Waals surface area contributed by atoms with Gasteiger partial charge < -0.3 is 11.5 Å². The third kappa shape index (κ3) is 4.78. The van der Waals surface area contributed by atoms with E-state index in [0.717, 1.165) is 11.1 Å². The van der Waals surface area contributed by atoms with Gasteiger partial charge in [0, 0.05) is 10.6 Å². The number of guanidine groups is 1. The van der Waals surface area contributed by atoms with Crippen molar-refractivity contribution in [2.75, 3.05) is 0 Å². The fourth-order valence-electron chi connectivity index (χ4n) is 1.66. The summed E-state index contributed by atoms with van der Waals surface area (Å²) in [6, 6.07) is 17.2. The van der Waals surface area contributed by atoms with Gasteiger partial charge in [-0.05, 0) is 23.8 Å². The number of nitrogens with zero attached hydrogens (tertiary/aromatic N) is 2. The van der Waals surface area contributed by atoms with E-state index in [1.165, 1.54) is 0 Å². The van der Waals surface area contributed by atoms with Gasteiger partial charge in [0.15, 0.2) is 0 Å². The molecular weight excluding hydrogens is 284 g/mol. The molecule has 0 fully saturated rings. The molecule has 0 aliphatic heterocycles. The molecule has 4 N–H and O–H groups in total. The van der Waals surface area contributed by atoms with Crippen molar-refractivity contribution in [3.8, 4) is 0 Å². The summed E-state index contributed by atoms with van der Waals surface area (Å²) in [5.74, 6) is -0.0884. The Morgan fingerprint density at radius 3 is 2.19 bits per heavy atom. The molecule has 0 saturated heterocycles. The molecule has 0 radical (unpaired) electrons. The van der Waals surface area contributed by atoms with Crippen molar-refractivity contribution in [2.45, 2.75) is 0 Å². The molecule has 4 nitrogen and oxygen atoms in total. The highest BCUT2D eigenvalue weighted by molar-refractivity contribution is 6.30. The van der Waals surface area contributed by atoms with Gasteiger partial charge in [0.05, 0.1) is 5.71 Å². The fraction of sp³-hybridized carbons (Fsp3) is 0. The molecule has 21 heavy (non-hydrogen) atoms. The lowest BCUT2D eigenvalue weighted by Gasteiger charge is -2.01. The minimum absolute atomic E-state index is 0.0884. The van der Waals surface area contributed by atoms with E-state index in [1.54, 1.807) is 12.1 Å². The third-order valence-corrected chi connectivity index (χ3v) is 2.90. The molecule has 2 rings (SSSR count). The highest BCUT2D eigenvalue weighted by Gasteiger charge is 2.00. The lowest BCUT2D eigenvalue weighted by molar-refractivity contribution is 1.20. The van der Waals surface area contributed by atoms with E-state index < -0.39 is 0 Å². The molecule has 0 spiro atoms. The van der Waals surface area contributed by atoms with Gasteiger partial charge >= 0.3 is 0 Å². The van der Waals surface area contributed by atoms with E-state index in [0.29, 0.717) is 10.7 Å². The lowest BCUT2D eigenvalue weighted by Crippen LogP contribution is -2.22. The number of nitrogens with two attached hydrogens (primary N) is 2. The van der Waals surface area contributed by atoms with Gasteiger partial charge in [0.25, 0.3) is 0 Å². The second kappa shape index (κ2) is 7.26. The summed E-state index contributed by atoms with van der Waals surface area (Å²) in [7, 11) is 0. The molecule has 0 saturated carbocycles. The van der Waals surface area contributed by atoms with Gasteiger partial charge in [-0.15, -0.1) is 10.2 Å². The SMILES string of the molecule is NC(N)=N/N=C(/C=C/c1ccccc1)c1ccc(Cl)cc1. The first-order valence-corrected chi connectivity index (χ1v) is 6.68. The predicted molar refractivity (Wildman–Crippen MR) is 89.3 cm³/mol. The van der Waals surface area contributed by atoms with Crippen LogP contribution >= 0.6 is 11.6 Å². The van der Waals surface area contributed by atoms with Crippen LogP contribution in [-0.4, -0.2) is 11.7 Å². The summed E-state index contributed by atoms with van der Waals surface area (Å²) in [5.41, 5.74) is 13.2. The van der Waals surface area contributed by atoms with Gasteiger partial charge in [-0.2, -0.15) is 0 Å². The molecule has 0 aliphatic carbocycles. The van der Waals surface area contributed by atoms with E-state index in [1.807, 2.05) is 54.6 Å². The monoisotopic (exact) mass is 298 g/mol. The smallest absolute Gasteiger partial charge is 0.211 e. The predicted octanol–water partition coefficient (Wildman–Crippen LogP) is 3.03. The van der Waals surface area contributed by atoms with Crippen molar-refractivity contribution < 1.29 is 0 Å². The van der Waals surface area contributed by atoms with Crippen LogP contribution in [0.4, 0.5) is 0 Å². The third-order valence-electron chi connectivity index (χ3n) is 2.65. The van der Waals surface area contributed by atoms with Crippen LogP contribution in [0, 0.1) is 0 Å². The van der Waals surface area contributed by atoms with E-state index in [9.17, 15) is 0 Å². The van der Waals surface area contributed by atoms with Crippen LogP contribution in [0.2, 0.25) is 5.02 Å². The molecule has 5 heteroatoms. The maximum absolute atomic E-state index is 5.89. The molecular formula is C16H15ClN4. The average Bonchev–Trinajstić information content (AvgIpc) is 2.49. The van der Waals surface area contributed by atoms with Crippen LogP contribution in [0.5, 0.6) is 0 Å². The van der Waals surface area contributed by atoms with E-state index in [2.05, 4.69) is 10.2 Å². The molecule has 0 unspecified atom stereocenters. The van der Waals surface area contributed by atoms with Crippen molar-refractivity contribution in [2.24, 2.45) is 21.7 Å². The lowest BCUT2D eigenvalue weighted by atomic mass is 10.1. The van der Waals surface area contributed by atoms with Crippen LogP contribution in [-0.2, 0) is 0 Å². The van der Waals surface area contributed by atoms with Crippen LogP contribution in [0.3, 0.4) is 0 Å². The fourth-order valence-corrected chi connectivity index (χ4v) is 1.78. The summed E-state index contributed by atoms with van der Waals surface area (Å²) in [6.07, 6.45) is 3.79. The maximum Gasteiger partial charge on any atom is 0.211 e. The molecule has 0 atom stereocenters. The van der Waals surface area contributed by atoms with Crippen LogP contribution < -0.4 is 11.5 Å². The number of hydrogen-bond acceptors (Lipinski definition) is 2. The molecule has 2 aromatic rings. The Labute approximate surface area is 128 Å². The zero-order valence-corrected chi connectivity index (χ0v) is 12.0. The van der Waals surface area contributed by atoms with E-state index in [-0.39, 0.29) is 5.96 Å². The largest absolute Gasteiger partial charge is 0.369 e. The van der Waals surface area contributed by atoms with Crippen molar-refractivity contribution in [1.29, 1.82) is 0 Å². The Morgan fingerprint density at radius 1 is 0.905 bits per heavy atom. The number of halogens is 1. The Balaban J connectivity index is 2.33. The number of rotatable bonds is 4.